The lowest BCUT2D eigenvalue weighted by Gasteiger charge is -2.39. The van der Waals surface area contributed by atoms with E-state index in [-0.39, 0.29) is 17.2 Å². The first kappa shape index (κ1) is 24.9. The maximum absolute atomic E-state index is 10.3. The van der Waals surface area contributed by atoms with Gasteiger partial charge in [0.1, 0.15) is 24.4 Å². The Morgan fingerprint density at radius 3 is 2.06 bits per heavy atom. The van der Waals surface area contributed by atoms with Crippen molar-refractivity contribution in [3.05, 3.63) is 41.5 Å². The molecule has 0 radical (unpaired) electrons. The van der Waals surface area contributed by atoms with Crippen molar-refractivity contribution in [1.29, 1.82) is 0 Å². The Morgan fingerprint density at radius 2 is 1.45 bits per heavy atom. The minimum absolute atomic E-state index is 0.0500. The molecule has 182 valence electrons. The standard InChI is InChI=1S/C23H30O10/c1-29-15-7-6-12(8-14(15)25)4-5-13-9-16(30-2)22(31-3)17(10-13)32-23-21(28)20(27)19(26)18(11-24)33-23/h6-10,18-21,23-28H,4-5,11H2,1-3H3/t18-,19-,20+,21-,23-/m1/s1. The highest BCUT2D eigenvalue weighted by Gasteiger charge is 2.45. The summed E-state index contributed by atoms with van der Waals surface area (Å²) < 4.78 is 27.1. The summed E-state index contributed by atoms with van der Waals surface area (Å²) >= 11 is 0. The van der Waals surface area contributed by atoms with Crippen LogP contribution in [-0.4, -0.2) is 84.2 Å². The number of rotatable bonds is 9. The molecule has 5 atom stereocenters. The van der Waals surface area contributed by atoms with Crippen LogP contribution < -0.4 is 18.9 Å². The number of phenols is 1. The van der Waals surface area contributed by atoms with Gasteiger partial charge in [0.05, 0.1) is 27.9 Å². The van der Waals surface area contributed by atoms with E-state index >= 15 is 0 Å². The van der Waals surface area contributed by atoms with Crippen LogP contribution in [0.3, 0.4) is 0 Å². The van der Waals surface area contributed by atoms with Crippen LogP contribution in [0.2, 0.25) is 0 Å². The SMILES string of the molecule is COc1ccc(CCc2cc(OC)c(OC)c(O[C@@H]3O[C@H](CO)[C@@H](O)[C@H](O)[C@H]3O)c2)cc1O. The van der Waals surface area contributed by atoms with Crippen molar-refractivity contribution in [2.45, 2.75) is 43.5 Å². The van der Waals surface area contributed by atoms with E-state index in [0.717, 1.165) is 11.1 Å². The van der Waals surface area contributed by atoms with Crippen molar-refractivity contribution in [2.24, 2.45) is 0 Å². The van der Waals surface area contributed by atoms with Gasteiger partial charge in [0, 0.05) is 0 Å². The number of ether oxygens (including phenoxy) is 5. The highest BCUT2D eigenvalue weighted by molar-refractivity contribution is 5.54. The lowest BCUT2D eigenvalue weighted by molar-refractivity contribution is -0.277. The van der Waals surface area contributed by atoms with Gasteiger partial charge in [0.25, 0.3) is 0 Å². The zero-order valence-corrected chi connectivity index (χ0v) is 18.7. The number of methoxy groups -OCH3 is 3. The quantitative estimate of drug-likeness (QED) is 0.351. The van der Waals surface area contributed by atoms with Crippen molar-refractivity contribution in [2.75, 3.05) is 27.9 Å². The van der Waals surface area contributed by atoms with E-state index in [1.165, 1.54) is 21.3 Å². The largest absolute Gasteiger partial charge is 0.504 e. The predicted molar refractivity (Wildman–Crippen MR) is 116 cm³/mol. The summed E-state index contributed by atoms with van der Waals surface area (Å²) in [5.74, 6) is 1.26. The molecule has 1 aliphatic heterocycles. The summed E-state index contributed by atoms with van der Waals surface area (Å²) in [6, 6.07) is 8.64. The number of aliphatic hydroxyl groups excluding tert-OH is 4. The van der Waals surface area contributed by atoms with E-state index in [0.29, 0.717) is 24.3 Å². The summed E-state index contributed by atoms with van der Waals surface area (Å²) in [6.07, 6.45) is -5.96. The molecule has 0 unspecified atom stereocenters. The molecule has 1 saturated heterocycles. The second kappa shape index (κ2) is 10.9. The Labute approximate surface area is 191 Å². The topological polar surface area (TPSA) is 147 Å². The first-order valence-electron chi connectivity index (χ1n) is 10.4. The summed E-state index contributed by atoms with van der Waals surface area (Å²) in [5, 5.41) is 49.7. The van der Waals surface area contributed by atoms with Gasteiger partial charge in [-0.15, -0.1) is 0 Å². The van der Waals surface area contributed by atoms with Gasteiger partial charge in [-0.2, -0.15) is 0 Å². The normalized spacial score (nSPS) is 24.9. The molecule has 1 heterocycles. The molecular formula is C23H30O10. The molecule has 0 saturated carbocycles. The van der Waals surface area contributed by atoms with Gasteiger partial charge in [-0.05, 0) is 48.2 Å². The van der Waals surface area contributed by atoms with Gasteiger partial charge in [0.15, 0.2) is 23.0 Å². The van der Waals surface area contributed by atoms with Gasteiger partial charge >= 0.3 is 0 Å². The van der Waals surface area contributed by atoms with Crippen LogP contribution in [0, 0.1) is 0 Å². The molecule has 33 heavy (non-hydrogen) atoms. The van der Waals surface area contributed by atoms with Gasteiger partial charge in [-0.3, -0.25) is 0 Å². The third kappa shape index (κ3) is 5.43. The number of hydrogen-bond donors (Lipinski definition) is 5. The Bertz CT molecular complexity index is 932. The van der Waals surface area contributed by atoms with Crippen molar-refractivity contribution < 1.29 is 49.2 Å². The zero-order valence-electron chi connectivity index (χ0n) is 18.7. The molecule has 5 N–H and O–H groups in total. The molecule has 10 nitrogen and oxygen atoms in total. The number of hydrogen-bond acceptors (Lipinski definition) is 10. The number of aryl methyl sites for hydroxylation is 2. The molecule has 10 heteroatoms. The smallest absolute Gasteiger partial charge is 0.229 e. The lowest BCUT2D eigenvalue weighted by Crippen LogP contribution is -2.60. The van der Waals surface area contributed by atoms with Crippen molar-refractivity contribution in [3.8, 4) is 28.7 Å². The highest BCUT2D eigenvalue weighted by Crippen LogP contribution is 2.40. The van der Waals surface area contributed by atoms with Crippen LogP contribution in [-0.2, 0) is 17.6 Å². The zero-order chi connectivity index (χ0) is 24.1. The second-order valence-electron chi connectivity index (χ2n) is 7.65. The molecule has 0 aliphatic carbocycles. The first-order valence-corrected chi connectivity index (χ1v) is 10.4. The Kier molecular flexibility index (Phi) is 8.22. The Balaban J connectivity index is 1.84. The minimum atomic E-state index is -1.57. The van der Waals surface area contributed by atoms with Crippen LogP contribution in [0.4, 0.5) is 0 Å². The molecule has 0 aromatic heterocycles. The van der Waals surface area contributed by atoms with Crippen LogP contribution >= 0.6 is 0 Å². The predicted octanol–water partition coefficient (Wildman–Crippen LogP) is 0.382. The third-order valence-electron chi connectivity index (χ3n) is 5.54. The maximum atomic E-state index is 10.3. The molecule has 1 fully saturated rings. The minimum Gasteiger partial charge on any atom is -0.504 e. The van der Waals surface area contributed by atoms with Gasteiger partial charge in [0.2, 0.25) is 12.0 Å². The van der Waals surface area contributed by atoms with Crippen LogP contribution in [0.1, 0.15) is 11.1 Å². The molecule has 2 aromatic carbocycles. The fraction of sp³-hybridized carbons (Fsp3) is 0.478. The van der Waals surface area contributed by atoms with Gasteiger partial charge in [-0.25, -0.2) is 0 Å². The maximum Gasteiger partial charge on any atom is 0.229 e. The average molecular weight is 466 g/mol. The Morgan fingerprint density at radius 1 is 0.788 bits per heavy atom. The number of benzene rings is 2. The number of phenolic OH excluding ortho intramolecular Hbond substituents is 1. The molecular weight excluding hydrogens is 436 g/mol. The molecule has 2 aromatic rings. The number of aromatic hydroxyl groups is 1. The van der Waals surface area contributed by atoms with E-state index in [2.05, 4.69) is 0 Å². The van der Waals surface area contributed by atoms with Crippen molar-refractivity contribution >= 4 is 0 Å². The molecule has 1 aliphatic rings. The summed E-state index contributed by atoms with van der Waals surface area (Å²) in [7, 11) is 4.38. The van der Waals surface area contributed by atoms with Crippen LogP contribution in [0.25, 0.3) is 0 Å². The molecule has 0 spiro atoms. The fourth-order valence-corrected chi connectivity index (χ4v) is 3.69. The van der Waals surface area contributed by atoms with E-state index in [9.17, 15) is 25.5 Å². The summed E-state index contributed by atoms with van der Waals surface area (Å²) in [5.41, 5.74) is 1.70. The van der Waals surface area contributed by atoms with E-state index in [4.69, 9.17) is 23.7 Å². The van der Waals surface area contributed by atoms with Crippen LogP contribution in [0.5, 0.6) is 28.7 Å². The molecule has 0 bridgehead atoms. The Hall–Kier alpha value is -2.76. The highest BCUT2D eigenvalue weighted by atomic mass is 16.7. The third-order valence-corrected chi connectivity index (χ3v) is 5.54. The second-order valence-corrected chi connectivity index (χ2v) is 7.65. The van der Waals surface area contributed by atoms with Gasteiger partial charge < -0.3 is 49.2 Å². The molecule has 3 rings (SSSR count). The fourth-order valence-electron chi connectivity index (χ4n) is 3.69. The van der Waals surface area contributed by atoms with Crippen molar-refractivity contribution in [3.63, 3.8) is 0 Å². The van der Waals surface area contributed by atoms with E-state index in [1.54, 1.807) is 24.3 Å². The van der Waals surface area contributed by atoms with Crippen LogP contribution in [0.15, 0.2) is 30.3 Å². The first-order chi connectivity index (χ1) is 15.8. The van der Waals surface area contributed by atoms with E-state index < -0.39 is 37.3 Å². The molecule has 0 amide bonds. The summed E-state index contributed by atoms with van der Waals surface area (Å²) in [6.45, 7) is -0.569. The number of aliphatic hydroxyl groups is 4. The van der Waals surface area contributed by atoms with E-state index in [1.807, 2.05) is 6.07 Å². The monoisotopic (exact) mass is 466 g/mol. The van der Waals surface area contributed by atoms with Crippen molar-refractivity contribution in [1.82, 2.24) is 0 Å². The van der Waals surface area contributed by atoms with Gasteiger partial charge in [-0.1, -0.05) is 6.07 Å². The lowest BCUT2D eigenvalue weighted by atomic mass is 9.99. The average Bonchev–Trinajstić information content (AvgIpc) is 2.82. The summed E-state index contributed by atoms with van der Waals surface area (Å²) in [4.78, 5) is 0.